The molecule has 2 aromatic rings. The lowest BCUT2D eigenvalue weighted by molar-refractivity contribution is 0.102. The van der Waals surface area contributed by atoms with Crippen LogP contribution in [0.15, 0.2) is 60.0 Å². The SMILES string of the molecule is C=CCSc1ccccc1C(=O)Nc1cc(C)cc(C)c1. The van der Waals surface area contributed by atoms with Crippen LogP contribution < -0.4 is 5.32 Å². The van der Waals surface area contributed by atoms with Crippen molar-refractivity contribution in [2.24, 2.45) is 0 Å². The lowest BCUT2D eigenvalue weighted by atomic mass is 10.1. The molecule has 1 amide bonds. The second kappa shape index (κ2) is 7.14. The molecule has 0 aliphatic heterocycles. The number of rotatable bonds is 5. The molecule has 2 rings (SSSR count). The van der Waals surface area contributed by atoms with Crippen molar-refractivity contribution in [3.8, 4) is 0 Å². The minimum absolute atomic E-state index is 0.0767. The van der Waals surface area contributed by atoms with Gasteiger partial charge in [-0.05, 0) is 49.2 Å². The van der Waals surface area contributed by atoms with Crippen molar-refractivity contribution < 1.29 is 4.79 Å². The molecule has 2 aromatic carbocycles. The Bertz CT molecular complexity index is 644. The number of hydrogen-bond acceptors (Lipinski definition) is 2. The second-order valence-corrected chi connectivity index (χ2v) is 5.99. The molecule has 0 heterocycles. The summed E-state index contributed by atoms with van der Waals surface area (Å²) in [6, 6.07) is 13.7. The van der Waals surface area contributed by atoms with E-state index in [1.54, 1.807) is 11.8 Å². The molecule has 0 unspecified atom stereocenters. The van der Waals surface area contributed by atoms with Crippen LogP contribution in [0, 0.1) is 13.8 Å². The van der Waals surface area contributed by atoms with Gasteiger partial charge in [0.05, 0.1) is 5.56 Å². The van der Waals surface area contributed by atoms with Gasteiger partial charge in [-0.3, -0.25) is 4.79 Å². The zero-order valence-corrected chi connectivity index (χ0v) is 13.2. The Morgan fingerprint density at radius 1 is 1.19 bits per heavy atom. The summed E-state index contributed by atoms with van der Waals surface area (Å²) in [6.45, 7) is 7.76. The first-order chi connectivity index (χ1) is 10.1. The van der Waals surface area contributed by atoms with Crippen LogP contribution in [0.25, 0.3) is 0 Å². The smallest absolute Gasteiger partial charge is 0.256 e. The van der Waals surface area contributed by atoms with Crippen LogP contribution in [-0.4, -0.2) is 11.7 Å². The van der Waals surface area contributed by atoms with Crippen LogP contribution in [0.2, 0.25) is 0 Å². The van der Waals surface area contributed by atoms with Gasteiger partial charge in [0.25, 0.3) is 5.91 Å². The topological polar surface area (TPSA) is 29.1 Å². The van der Waals surface area contributed by atoms with Crippen molar-refractivity contribution in [1.82, 2.24) is 0 Å². The molecule has 0 radical (unpaired) electrons. The predicted octanol–water partition coefficient (Wildman–Crippen LogP) is 4.83. The van der Waals surface area contributed by atoms with E-state index in [1.807, 2.05) is 56.3 Å². The Labute approximate surface area is 130 Å². The van der Waals surface area contributed by atoms with Crippen LogP contribution in [0.1, 0.15) is 21.5 Å². The summed E-state index contributed by atoms with van der Waals surface area (Å²) in [5.74, 6) is 0.709. The van der Waals surface area contributed by atoms with Gasteiger partial charge in [0, 0.05) is 16.3 Å². The molecule has 21 heavy (non-hydrogen) atoms. The van der Waals surface area contributed by atoms with Gasteiger partial charge in [0.2, 0.25) is 0 Å². The van der Waals surface area contributed by atoms with Crippen molar-refractivity contribution in [2.75, 3.05) is 11.1 Å². The maximum Gasteiger partial charge on any atom is 0.256 e. The molecule has 3 heteroatoms. The minimum Gasteiger partial charge on any atom is -0.322 e. The minimum atomic E-state index is -0.0767. The normalized spacial score (nSPS) is 10.2. The number of hydrogen-bond donors (Lipinski definition) is 1. The van der Waals surface area contributed by atoms with E-state index in [-0.39, 0.29) is 5.91 Å². The maximum atomic E-state index is 12.5. The lowest BCUT2D eigenvalue weighted by Gasteiger charge is -2.10. The Morgan fingerprint density at radius 3 is 2.52 bits per heavy atom. The van der Waals surface area contributed by atoms with E-state index in [0.29, 0.717) is 5.56 Å². The van der Waals surface area contributed by atoms with Gasteiger partial charge in [-0.2, -0.15) is 0 Å². The van der Waals surface area contributed by atoms with Gasteiger partial charge in [-0.15, -0.1) is 18.3 Å². The molecule has 0 fully saturated rings. The molecular weight excluding hydrogens is 278 g/mol. The summed E-state index contributed by atoms with van der Waals surface area (Å²) >= 11 is 1.61. The van der Waals surface area contributed by atoms with Crippen molar-refractivity contribution in [2.45, 2.75) is 18.7 Å². The van der Waals surface area contributed by atoms with Crippen LogP contribution in [0.5, 0.6) is 0 Å². The Hall–Kier alpha value is -2.00. The van der Waals surface area contributed by atoms with E-state index < -0.39 is 0 Å². The van der Waals surface area contributed by atoms with E-state index in [1.165, 1.54) is 0 Å². The Morgan fingerprint density at radius 2 is 1.86 bits per heavy atom. The van der Waals surface area contributed by atoms with E-state index in [9.17, 15) is 4.79 Å². The predicted molar refractivity (Wildman–Crippen MR) is 91.2 cm³/mol. The van der Waals surface area contributed by atoms with Crippen LogP contribution in [0.4, 0.5) is 5.69 Å². The fourth-order valence-corrected chi connectivity index (χ4v) is 2.96. The first-order valence-electron chi connectivity index (χ1n) is 6.82. The first kappa shape index (κ1) is 15.4. The third-order valence-corrected chi connectivity index (χ3v) is 4.04. The average Bonchev–Trinajstić information content (AvgIpc) is 2.44. The highest BCUT2D eigenvalue weighted by atomic mass is 32.2. The fraction of sp³-hybridized carbons (Fsp3) is 0.167. The molecule has 0 bridgehead atoms. The number of carbonyl (C=O) groups is 1. The second-order valence-electron chi connectivity index (χ2n) is 4.93. The molecule has 0 aliphatic rings. The van der Waals surface area contributed by atoms with Crippen molar-refractivity contribution in [3.63, 3.8) is 0 Å². The van der Waals surface area contributed by atoms with Crippen molar-refractivity contribution in [1.29, 1.82) is 0 Å². The summed E-state index contributed by atoms with van der Waals surface area (Å²) in [5.41, 5.74) is 3.81. The standard InChI is InChI=1S/C18H19NOS/c1-4-9-21-17-8-6-5-7-16(17)18(20)19-15-11-13(2)10-14(3)12-15/h4-8,10-12H,1,9H2,2-3H3,(H,19,20). The van der Waals surface area contributed by atoms with Gasteiger partial charge in [0.15, 0.2) is 0 Å². The summed E-state index contributed by atoms with van der Waals surface area (Å²) in [7, 11) is 0. The fourth-order valence-electron chi connectivity index (χ4n) is 2.17. The number of anilines is 1. The lowest BCUT2D eigenvalue weighted by Crippen LogP contribution is -2.13. The molecule has 0 aromatic heterocycles. The number of carbonyl (C=O) groups excluding carboxylic acids is 1. The molecule has 0 saturated heterocycles. The molecule has 0 spiro atoms. The number of benzene rings is 2. The van der Waals surface area contributed by atoms with Crippen molar-refractivity contribution >= 4 is 23.4 Å². The molecule has 1 N–H and O–H groups in total. The number of thioether (sulfide) groups is 1. The Balaban J connectivity index is 2.22. The number of amides is 1. The average molecular weight is 297 g/mol. The van der Waals surface area contributed by atoms with Gasteiger partial charge in [0.1, 0.15) is 0 Å². The van der Waals surface area contributed by atoms with Gasteiger partial charge in [-0.25, -0.2) is 0 Å². The van der Waals surface area contributed by atoms with Crippen LogP contribution >= 0.6 is 11.8 Å². The van der Waals surface area contributed by atoms with Crippen LogP contribution in [-0.2, 0) is 0 Å². The Kier molecular flexibility index (Phi) is 5.23. The molecule has 108 valence electrons. The number of aryl methyl sites for hydroxylation is 2. The van der Waals surface area contributed by atoms with E-state index in [4.69, 9.17) is 0 Å². The maximum absolute atomic E-state index is 12.5. The van der Waals surface area contributed by atoms with Gasteiger partial charge in [-0.1, -0.05) is 24.3 Å². The summed E-state index contributed by atoms with van der Waals surface area (Å²) in [4.78, 5) is 13.4. The summed E-state index contributed by atoms with van der Waals surface area (Å²) in [5, 5.41) is 2.98. The highest BCUT2D eigenvalue weighted by molar-refractivity contribution is 7.99. The van der Waals surface area contributed by atoms with Crippen molar-refractivity contribution in [3.05, 3.63) is 71.8 Å². The highest BCUT2D eigenvalue weighted by Crippen LogP contribution is 2.24. The monoisotopic (exact) mass is 297 g/mol. The molecule has 0 saturated carbocycles. The first-order valence-corrected chi connectivity index (χ1v) is 7.81. The third kappa shape index (κ3) is 4.23. The quantitative estimate of drug-likeness (QED) is 0.632. The molecule has 2 nitrogen and oxygen atoms in total. The zero-order valence-electron chi connectivity index (χ0n) is 12.3. The molecule has 0 atom stereocenters. The van der Waals surface area contributed by atoms with E-state index in [0.717, 1.165) is 27.5 Å². The van der Waals surface area contributed by atoms with E-state index >= 15 is 0 Å². The van der Waals surface area contributed by atoms with Gasteiger partial charge < -0.3 is 5.32 Å². The van der Waals surface area contributed by atoms with Crippen LogP contribution in [0.3, 0.4) is 0 Å². The third-order valence-electron chi connectivity index (χ3n) is 2.97. The highest BCUT2D eigenvalue weighted by Gasteiger charge is 2.11. The summed E-state index contributed by atoms with van der Waals surface area (Å²) in [6.07, 6.45) is 1.84. The summed E-state index contributed by atoms with van der Waals surface area (Å²) < 4.78 is 0. The van der Waals surface area contributed by atoms with Gasteiger partial charge >= 0.3 is 0 Å². The number of nitrogens with one attached hydrogen (secondary N) is 1. The zero-order chi connectivity index (χ0) is 15.2. The van der Waals surface area contributed by atoms with E-state index in [2.05, 4.69) is 18.0 Å². The largest absolute Gasteiger partial charge is 0.322 e. The molecular formula is C18H19NOS. The molecule has 0 aliphatic carbocycles.